The predicted molar refractivity (Wildman–Crippen MR) is 70.0 cm³/mol. The van der Waals surface area contributed by atoms with Gasteiger partial charge in [-0.3, -0.25) is 9.59 Å². The lowest BCUT2D eigenvalue weighted by Crippen LogP contribution is -2.29. The average molecular weight is 267 g/mol. The number of thiophene rings is 1. The molecule has 0 radical (unpaired) electrons. The summed E-state index contributed by atoms with van der Waals surface area (Å²) in [4.78, 5) is 25.6. The molecule has 1 amide bonds. The summed E-state index contributed by atoms with van der Waals surface area (Å²) >= 11 is 1.48. The molecule has 1 aromatic rings. The number of carboxylic acid groups (broad SMARTS) is 1. The smallest absolute Gasteiger partial charge is 0.303 e. The van der Waals surface area contributed by atoms with Crippen molar-refractivity contribution in [1.29, 1.82) is 0 Å². The molecule has 1 unspecified atom stereocenters. The molecule has 1 saturated heterocycles. The fourth-order valence-electron chi connectivity index (χ4n) is 2.38. The number of likely N-dealkylation sites (tertiary alicyclic amines) is 1. The van der Waals surface area contributed by atoms with Crippen molar-refractivity contribution in [2.24, 2.45) is 5.92 Å². The molecular weight excluding hydrogens is 250 g/mol. The summed E-state index contributed by atoms with van der Waals surface area (Å²) in [5.41, 5.74) is 1.09. The van der Waals surface area contributed by atoms with Crippen molar-refractivity contribution in [3.05, 3.63) is 21.9 Å². The van der Waals surface area contributed by atoms with Crippen molar-refractivity contribution in [3.63, 3.8) is 0 Å². The van der Waals surface area contributed by atoms with Gasteiger partial charge in [-0.15, -0.1) is 11.3 Å². The van der Waals surface area contributed by atoms with E-state index in [1.54, 1.807) is 4.90 Å². The number of aliphatic carboxylic acids is 1. The lowest BCUT2D eigenvalue weighted by Gasteiger charge is -2.16. The van der Waals surface area contributed by atoms with Gasteiger partial charge in [0.15, 0.2) is 0 Å². The summed E-state index contributed by atoms with van der Waals surface area (Å²) in [6.07, 6.45) is 1.82. The first-order chi connectivity index (χ1) is 8.61. The summed E-state index contributed by atoms with van der Waals surface area (Å²) in [6, 6.07) is 1.99. The molecule has 2 rings (SSSR count). The number of nitrogens with zero attached hydrogens (tertiary/aromatic N) is 1. The van der Waals surface area contributed by atoms with Crippen LogP contribution in [0.5, 0.6) is 0 Å². The molecule has 5 heteroatoms. The van der Waals surface area contributed by atoms with Crippen LogP contribution < -0.4 is 0 Å². The van der Waals surface area contributed by atoms with Crippen molar-refractivity contribution >= 4 is 23.2 Å². The second-order valence-corrected chi connectivity index (χ2v) is 5.55. The molecule has 98 valence electrons. The van der Waals surface area contributed by atoms with Crippen LogP contribution in [0.15, 0.2) is 11.4 Å². The topological polar surface area (TPSA) is 57.6 Å². The Kier molecular flexibility index (Phi) is 4.01. The third-order valence-electron chi connectivity index (χ3n) is 3.36. The zero-order valence-corrected chi connectivity index (χ0v) is 11.2. The normalized spacial score (nSPS) is 19.2. The molecule has 0 saturated carbocycles. The van der Waals surface area contributed by atoms with Gasteiger partial charge in [0.25, 0.3) is 5.91 Å². The molecule has 2 heterocycles. The third kappa shape index (κ3) is 2.72. The van der Waals surface area contributed by atoms with Crippen LogP contribution in [0.4, 0.5) is 0 Å². The van der Waals surface area contributed by atoms with E-state index in [2.05, 4.69) is 0 Å². The number of amides is 1. The predicted octanol–water partition coefficient (Wildman–Crippen LogP) is 2.25. The first kappa shape index (κ1) is 13.1. The van der Waals surface area contributed by atoms with Crippen LogP contribution in [0.3, 0.4) is 0 Å². The van der Waals surface area contributed by atoms with Gasteiger partial charge in [0.05, 0.1) is 4.88 Å². The zero-order chi connectivity index (χ0) is 13.1. The standard InChI is InChI=1S/C13H17NO3S/c1-2-10-4-6-18-12(10)13(17)14-5-3-9(8-14)7-11(15)16/h4,6,9H,2-3,5,7-8H2,1H3,(H,15,16). The van der Waals surface area contributed by atoms with Crippen molar-refractivity contribution in [2.75, 3.05) is 13.1 Å². The summed E-state index contributed by atoms with van der Waals surface area (Å²) < 4.78 is 0. The molecule has 1 N–H and O–H groups in total. The largest absolute Gasteiger partial charge is 0.481 e. The quantitative estimate of drug-likeness (QED) is 0.910. The molecule has 1 atom stereocenters. The number of carbonyl (C=O) groups is 2. The average Bonchev–Trinajstić information content (AvgIpc) is 2.95. The maximum Gasteiger partial charge on any atom is 0.303 e. The van der Waals surface area contributed by atoms with Gasteiger partial charge in [0.2, 0.25) is 0 Å². The molecule has 0 spiro atoms. The highest BCUT2D eigenvalue weighted by molar-refractivity contribution is 7.12. The summed E-state index contributed by atoms with van der Waals surface area (Å²) in [5.74, 6) is -0.606. The van der Waals surface area contributed by atoms with E-state index < -0.39 is 5.97 Å². The fraction of sp³-hybridized carbons (Fsp3) is 0.538. The molecule has 1 aliphatic heterocycles. The van der Waals surface area contributed by atoms with E-state index in [1.165, 1.54) is 11.3 Å². The minimum atomic E-state index is -0.778. The van der Waals surface area contributed by atoms with E-state index in [9.17, 15) is 9.59 Å². The minimum absolute atomic E-state index is 0.0646. The monoisotopic (exact) mass is 267 g/mol. The van der Waals surface area contributed by atoms with Gasteiger partial charge in [-0.1, -0.05) is 6.92 Å². The van der Waals surface area contributed by atoms with Crippen LogP contribution in [0.2, 0.25) is 0 Å². The number of hydrogen-bond acceptors (Lipinski definition) is 3. The van der Waals surface area contributed by atoms with Gasteiger partial charge in [-0.05, 0) is 35.8 Å². The lowest BCUT2D eigenvalue weighted by atomic mass is 10.1. The van der Waals surface area contributed by atoms with Gasteiger partial charge in [-0.25, -0.2) is 0 Å². The third-order valence-corrected chi connectivity index (χ3v) is 4.30. The molecule has 0 aromatic carbocycles. The van der Waals surface area contributed by atoms with Gasteiger partial charge in [-0.2, -0.15) is 0 Å². The Morgan fingerprint density at radius 3 is 3.00 bits per heavy atom. The zero-order valence-electron chi connectivity index (χ0n) is 10.4. The number of aryl methyl sites for hydroxylation is 1. The molecule has 1 aliphatic rings. The molecule has 1 aromatic heterocycles. The van der Waals surface area contributed by atoms with E-state index in [1.807, 2.05) is 18.4 Å². The highest BCUT2D eigenvalue weighted by atomic mass is 32.1. The highest BCUT2D eigenvalue weighted by Gasteiger charge is 2.29. The van der Waals surface area contributed by atoms with Crippen LogP contribution in [0, 0.1) is 5.92 Å². The Bertz CT molecular complexity index is 455. The molecular formula is C13H17NO3S. The van der Waals surface area contributed by atoms with Crippen molar-refractivity contribution < 1.29 is 14.7 Å². The maximum atomic E-state index is 12.3. The van der Waals surface area contributed by atoms with Crippen molar-refractivity contribution in [3.8, 4) is 0 Å². The van der Waals surface area contributed by atoms with E-state index in [4.69, 9.17) is 5.11 Å². The Balaban J connectivity index is 2.01. The van der Waals surface area contributed by atoms with Crippen molar-refractivity contribution in [2.45, 2.75) is 26.2 Å². The second kappa shape index (κ2) is 5.52. The van der Waals surface area contributed by atoms with Crippen LogP contribution >= 0.6 is 11.3 Å². The first-order valence-corrected chi connectivity index (χ1v) is 7.07. The van der Waals surface area contributed by atoms with E-state index in [0.717, 1.165) is 23.3 Å². The fourth-order valence-corrected chi connectivity index (χ4v) is 3.34. The Morgan fingerprint density at radius 2 is 2.33 bits per heavy atom. The Hall–Kier alpha value is -1.36. The number of hydrogen-bond donors (Lipinski definition) is 1. The van der Waals surface area contributed by atoms with Crippen LogP contribution in [0.1, 0.15) is 35.0 Å². The van der Waals surface area contributed by atoms with Crippen LogP contribution in [0.25, 0.3) is 0 Å². The summed E-state index contributed by atoms with van der Waals surface area (Å²) in [5, 5.41) is 10.7. The van der Waals surface area contributed by atoms with Gasteiger partial charge in [0.1, 0.15) is 0 Å². The summed E-state index contributed by atoms with van der Waals surface area (Å²) in [7, 11) is 0. The lowest BCUT2D eigenvalue weighted by molar-refractivity contribution is -0.138. The summed E-state index contributed by atoms with van der Waals surface area (Å²) in [6.45, 7) is 3.29. The van der Waals surface area contributed by atoms with Crippen LogP contribution in [-0.4, -0.2) is 35.0 Å². The van der Waals surface area contributed by atoms with Crippen LogP contribution in [-0.2, 0) is 11.2 Å². The van der Waals surface area contributed by atoms with Crippen molar-refractivity contribution in [1.82, 2.24) is 4.90 Å². The number of carboxylic acids is 1. The molecule has 0 aliphatic carbocycles. The molecule has 4 nitrogen and oxygen atoms in total. The SMILES string of the molecule is CCc1ccsc1C(=O)N1CCC(CC(=O)O)C1. The maximum absolute atomic E-state index is 12.3. The van der Waals surface area contributed by atoms with Gasteiger partial charge in [0, 0.05) is 19.5 Å². The highest BCUT2D eigenvalue weighted by Crippen LogP contribution is 2.25. The van der Waals surface area contributed by atoms with E-state index in [0.29, 0.717) is 13.1 Å². The Morgan fingerprint density at radius 1 is 1.56 bits per heavy atom. The molecule has 0 bridgehead atoms. The Labute approximate surface area is 110 Å². The molecule has 1 fully saturated rings. The minimum Gasteiger partial charge on any atom is -0.481 e. The second-order valence-electron chi connectivity index (χ2n) is 4.63. The first-order valence-electron chi connectivity index (χ1n) is 6.19. The van der Waals surface area contributed by atoms with E-state index >= 15 is 0 Å². The van der Waals surface area contributed by atoms with E-state index in [-0.39, 0.29) is 18.2 Å². The number of carbonyl (C=O) groups excluding carboxylic acids is 1. The molecule has 18 heavy (non-hydrogen) atoms. The van der Waals surface area contributed by atoms with Gasteiger partial charge >= 0.3 is 5.97 Å². The van der Waals surface area contributed by atoms with Gasteiger partial charge < -0.3 is 10.0 Å². The number of rotatable bonds is 4.